The summed E-state index contributed by atoms with van der Waals surface area (Å²) in [5, 5.41) is 0. The molecule has 0 nitrogen and oxygen atoms in total. The van der Waals surface area contributed by atoms with Crippen LogP contribution in [0.25, 0.3) is 0 Å². The Morgan fingerprint density at radius 1 is 1.44 bits per heavy atom. The van der Waals surface area contributed by atoms with Crippen LogP contribution in [-0.2, 0) is 0 Å². The second-order valence-electron chi connectivity index (χ2n) is 3.14. The molecule has 0 saturated heterocycles. The molecule has 0 radical (unpaired) electrons. The summed E-state index contributed by atoms with van der Waals surface area (Å²) in [4.78, 5) is -0.199. The van der Waals surface area contributed by atoms with Crippen molar-refractivity contribution in [3.63, 3.8) is 0 Å². The van der Waals surface area contributed by atoms with Crippen LogP contribution in [0.15, 0.2) is 0 Å². The number of hydrogen-bond donors (Lipinski definition) is 0. The Morgan fingerprint density at radius 2 is 1.89 bits per heavy atom. The van der Waals surface area contributed by atoms with Gasteiger partial charge in [0.1, 0.15) is 0 Å². The zero-order valence-corrected chi connectivity index (χ0v) is 7.76. The van der Waals surface area contributed by atoms with Crippen molar-refractivity contribution in [1.29, 1.82) is 0 Å². The fourth-order valence-electron chi connectivity index (χ4n) is 0.906. The van der Waals surface area contributed by atoms with Crippen molar-refractivity contribution in [2.24, 2.45) is 5.92 Å². The minimum atomic E-state index is -0.199. The third-order valence-corrected chi connectivity index (χ3v) is 2.13. The van der Waals surface area contributed by atoms with Gasteiger partial charge in [-0.2, -0.15) is 0 Å². The lowest BCUT2D eigenvalue weighted by atomic mass is 10.00. The van der Waals surface area contributed by atoms with E-state index in [0.717, 1.165) is 6.42 Å². The van der Waals surface area contributed by atoms with Gasteiger partial charge in [0.2, 0.25) is 0 Å². The molecule has 0 amide bonds. The van der Waals surface area contributed by atoms with Crippen molar-refractivity contribution >= 4 is 23.2 Å². The Labute approximate surface area is 67.5 Å². The van der Waals surface area contributed by atoms with Gasteiger partial charge in [0.15, 0.2) is 0 Å². The van der Waals surface area contributed by atoms with Crippen molar-refractivity contribution in [3.8, 4) is 0 Å². The predicted molar refractivity (Wildman–Crippen MR) is 44.4 cm³/mol. The molecule has 0 bridgehead atoms. The number of halogens is 2. The highest BCUT2D eigenvalue weighted by Gasteiger charge is 2.20. The van der Waals surface area contributed by atoms with Gasteiger partial charge in [-0.05, 0) is 19.3 Å². The van der Waals surface area contributed by atoms with Gasteiger partial charge >= 0.3 is 0 Å². The highest BCUT2D eigenvalue weighted by molar-refractivity contribution is 6.30. The Morgan fingerprint density at radius 3 is 2.00 bits per heavy atom. The van der Waals surface area contributed by atoms with E-state index in [1.54, 1.807) is 0 Å². The van der Waals surface area contributed by atoms with E-state index in [1.165, 1.54) is 0 Å². The Hall–Kier alpha value is 0.580. The van der Waals surface area contributed by atoms with Crippen LogP contribution in [0.3, 0.4) is 0 Å². The summed E-state index contributed by atoms with van der Waals surface area (Å²) >= 11 is 11.6. The lowest BCUT2D eigenvalue weighted by Crippen LogP contribution is -2.20. The first kappa shape index (κ1) is 9.58. The summed E-state index contributed by atoms with van der Waals surface area (Å²) in [5.41, 5.74) is 0. The van der Waals surface area contributed by atoms with E-state index in [-0.39, 0.29) is 4.87 Å². The van der Waals surface area contributed by atoms with Gasteiger partial charge < -0.3 is 0 Å². The average Bonchev–Trinajstić information content (AvgIpc) is 1.63. The van der Waals surface area contributed by atoms with E-state index in [2.05, 4.69) is 13.8 Å². The number of hydrogen-bond acceptors (Lipinski definition) is 0. The Kier molecular flexibility index (Phi) is 3.91. The standard InChI is InChI=1S/C7H14Cl2/c1-6(2)4-7(3,9)5-8/h6H,4-5H2,1-3H3. The van der Waals surface area contributed by atoms with E-state index in [9.17, 15) is 0 Å². The molecule has 0 saturated carbocycles. The van der Waals surface area contributed by atoms with Crippen molar-refractivity contribution in [3.05, 3.63) is 0 Å². The molecule has 0 aliphatic heterocycles. The maximum Gasteiger partial charge on any atom is 0.0556 e. The largest absolute Gasteiger partial charge is 0.125 e. The molecule has 0 N–H and O–H groups in total. The van der Waals surface area contributed by atoms with Crippen LogP contribution < -0.4 is 0 Å². The third kappa shape index (κ3) is 5.05. The normalized spacial score (nSPS) is 18.0. The molecule has 9 heavy (non-hydrogen) atoms. The Balaban J connectivity index is 3.58. The van der Waals surface area contributed by atoms with Crippen molar-refractivity contribution in [2.45, 2.75) is 32.1 Å². The van der Waals surface area contributed by atoms with Crippen LogP contribution in [0.5, 0.6) is 0 Å². The quantitative estimate of drug-likeness (QED) is 0.568. The molecule has 0 fully saturated rings. The zero-order chi connectivity index (χ0) is 7.49. The van der Waals surface area contributed by atoms with Crippen LogP contribution in [0.1, 0.15) is 27.2 Å². The summed E-state index contributed by atoms with van der Waals surface area (Å²) in [6, 6.07) is 0. The van der Waals surface area contributed by atoms with Crippen LogP contribution in [0.2, 0.25) is 0 Å². The van der Waals surface area contributed by atoms with E-state index in [4.69, 9.17) is 23.2 Å². The van der Waals surface area contributed by atoms with Gasteiger partial charge in [0, 0.05) is 5.88 Å². The van der Waals surface area contributed by atoms with Gasteiger partial charge in [-0.1, -0.05) is 13.8 Å². The third-order valence-electron chi connectivity index (χ3n) is 1.11. The molecule has 1 atom stereocenters. The molecule has 0 aromatic carbocycles. The SMILES string of the molecule is CC(C)CC(C)(Cl)CCl. The van der Waals surface area contributed by atoms with Crippen molar-refractivity contribution in [1.82, 2.24) is 0 Å². The lowest BCUT2D eigenvalue weighted by molar-refractivity contribution is 0.499. The molecule has 56 valence electrons. The first-order chi connectivity index (χ1) is 3.98. The van der Waals surface area contributed by atoms with Crippen molar-refractivity contribution in [2.75, 3.05) is 5.88 Å². The number of rotatable bonds is 3. The van der Waals surface area contributed by atoms with Gasteiger partial charge in [-0.25, -0.2) is 0 Å². The second kappa shape index (κ2) is 3.68. The maximum absolute atomic E-state index is 5.98. The minimum Gasteiger partial charge on any atom is -0.125 e. The summed E-state index contributed by atoms with van der Waals surface area (Å²) < 4.78 is 0. The van der Waals surface area contributed by atoms with Crippen LogP contribution in [0.4, 0.5) is 0 Å². The molecule has 0 rings (SSSR count). The minimum absolute atomic E-state index is 0.199. The molecule has 0 aliphatic carbocycles. The molecule has 0 heterocycles. The van der Waals surface area contributed by atoms with E-state index >= 15 is 0 Å². The first-order valence-corrected chi connectivity index (χ1v) is 4.14. The molecule has 0 aromatic rings. The van der Waals surface area contributed by atoms with Crippen molar-refractivity contribution < 1.29 is 0 Å². The summed E-state index contributed by atoms with van der Waals surface area (Å²) in [7, 11) is 0. The average molecular weight is 169 g/mol. The molecule has 2 heteroatoms. The molecule has 0 aliphatic rings. The maximum atomic E-state index is 5.98. The highest BCUT2D eigenvalue weighted by atomic mass is 35.5. The second-order valence-corrected chi connectivity index (χ2v) is 4.32. The molecule has 0 aromatic heterocycles. The summed E-state index contributed by atoms with van der Waals surface area (Å²) in [5.74, 6) is 1.17. The van der Waals surface area contributed by atoms with Gasteiger partial charge in [0.05, 0.1) is 4.87 Å². The monoisotopic (exact) mass is 168 g/mol. The molecular formula is C7H14Cl2. The smallest absolute Gasteiger partial charge is 0.0556 e. The first-order valence-electron chi connectivity index (χ1n) is 3.23. The predicted octanol–water partition coefficient (Wildman–Crippen LogP) is 3.27. The Bertz CT molecular complexity index is 77.0. The lowest BCUT2D eigenvalue weighted by Gasteiger charge is -2.20. The van der Waals surface area contributed by atoms with Crippen LogP contribution in [-0.4, -0.2) is 10.8 Å². The number of alkyl halides is 2. The van der Waals surface area contributed by atoms with E-state index in [0.29, 0.717) is 11.8 Å². The summed E-state index contributed by atoms with van der Waals surface area (Å²) in [6.07, 6.45) is 0.984. The zero-order valence-electron chi connectivity index (χ0n) is 6.25. The molecule has 0 spiro atoms. The van der Waals surface area contributed by atoms with E-state index < -0.39 is 0 Å². The highest BCUT2D eigenvalue weighted by Crippen LogP contribution is 2.24. The fourth-order valence-corrected chi connectivity index (χ4v) is 1.32. The summed E-state index contributed by atoms with van der Waals surface area (Å²) in [6.45, 7) is 6.27. The van der Waals surface area contributed by atoms with Crippen LogP contribution >= 0.6 is 23.2 Å². The fraction of sp³-hybridized carbons (Fsp3) is 1.00. The van der Waals surface area contributed by atoms with Crippen LogP contribution in [0, 0.1) is 5.92 Å². The van der Waals surface area contributed by atoms with E-state index in [1.807, 2.05) is 6.92 Å². The van der Waals surface area contributed by atoms with Gasteiger partial charge in [-0.15, -0.1) is 23.2 Å². The van der Waals surface area contributed by atoms with Gasteiger partial charge in [-0.3, -0.25) is 0 Å². The topological polar surface area (TPSA) is 0 Å². The van der Waals surface area contributed by atoms with Gasteiger partial charge in [0.25, 0.3) is 0 Å². The molecular weight excluding hydrogens is 155 g/mol. The molecule has 1 unspecified atom stereocenters.